The Morgan fingerprint density at radius 1 is 1.39 bits per heavy atom. The van der Waals surface area contributed by atoms with Gasteiger partial charge in [-0.25, -0.2) is 4.79 Å². The van der Waals surface area contributed by atoms with Gasteiger partial charge in [0.25, 0.3) is 0 Å². The first-order valence-electron chi connectivity index (χ1n) is 6.36. The molecule has 0 radical (unpaired) electrons. The highest BCUT2D eigenvalue weighted by Gasteiger charge is 2.18. The van der Waals surface area contributed by atoms with E-state index in [0.29, 0.717) is 17.7 Å². The Kier molecular flexibility index (Phi) is 2.83. The molecular weight excluding hydrogens is 230 g/mol. The van der Waals surface area contributed by atoms with Crippen LogP contribution < -0.4 is 16.8 Å². The number of H-pyrrole nitrogens is 1. The van der Waals surface area contributed by atoms with Crippen LogP contribution in [0.2, 0.25) is 0 Å². The van der Waals surface area contributed by atoms with Crippen LogP contribution in [0, 0.1) is 0 Å². The average molecular weight is 247 g/mol. The molecular formula is C13H17N3O2. The van der Waals surface area contributed by atoms with Crippen molar-refractivity contribution in [2.75, 3.05) is 5.32 Å². The van der Waals surface area contributed by atoms with Crippen molar-refractivity contribution in [1.29, 1.82) is 0 Å². The lowest BCUT2D eigenvalue weighted by Crippen LogP contribution is -2.34. The number of nitrogens with one attached hydrogen (secondary N) is 2. The third kappa shape index (κ3) is 2.26. The lowest BCUT2D eigenvalue weighted by molar-refractivity contribution is 0.409. The van der Waals surface area contributed by atoms with E-state index < -0.39 is 5.76 Å². The summed E-state index contributed by atoms with van der Waals surface area (Å²) in [5, 5.41) is 3.47. The summed E-state index contributed by atoms with van der Waals surface area (Å²) in [6.07, 6.45) is 4.43. The van der Waals surface area contributed by atoms with Crippen molar-refractivity contribution in [3.63, 3.8) is 0 Å². The predicted molar refractivity (Wildman–Crippen MR) is 70.7 cm³/mol. The summed E-state index contributed by atoms with van der Waals surface area (Å²) in [5.41, 5.74) is 8.28. The smallest absolute Gasteiger partial charge is 0.408 e. The minimum absolute atomic E-state index is 0.300. The fourth-order valence-electron chi connectivity index (χ4n) is 2.64. The van der Waals surface area contributed by atoms with Gasteiger partial charge in [-0.1, -0.05) is 0 Å². The molecule has 0 spiro atoms. The van der Waals surface area contributed by atoms with E-state index in [1.807, 2.05) is 12.1 Å². The number of rotatable bonds is 2. The Morgan fingerprint density at radius 2 is 2.28 bits per heavy atom. The lowest BCUT2D eigenvalue weighted by atomic mass is 9.91. The number of hydrogen-bond donors (Lipinski definition) is 3. The number of benzene rings is 1. The Hall–Kier alpha value is -1.75. The van der Waals surface area contributed by atoms with E-state index in [0.717, 1.165) is 30.5 Å². The fraction of sp³-hybridized carbons (Fsp3) is 0.462. The standard InChI is InChI=1S/C13H17N3O2/c14-8-2-1-3-9(6-8)15-10-4-5-12-11(7-10)16-13(17)18-12/h4-5,7-9,15H,1-3,6,14H2,(H,16,17). The van der Waals surface area contributed by atoms with E-state index in [-0.39, 0.29) is 0 Å². The molecule has 2 unspecified atom stereocenters. The maximum Gasteiger partial charge on any atom is 0.417 e. The molecule has 3 rings (SSSR count). The molecule has 1 aromatic heterocycles. The number of fused-ring (bicyclic) bond motifs is 1. The largest absolute Gasteiger partial charge is 0.417 e. The summed E-state index contributed by atoms with van der Waals surface area (Å²) < 4.78 is 4.97. The molecule has 1 aromatic carbocycles. The summed E-state index contributed by atoms with van der Waals surface area (Å²) in [6, 6.07) is 6.36. The van der Waals surface area contributed by atoms with Crippen LogP contribution in [0.1, 0.15) is 25.7 Å². The number of hydrogen-bond acceptors (Lipinski definition) is 4. The van der Waals surface area contributed by atoms with Crippen LogP contribution >= 0.6 is 0 Å². The highest BCUT2D eigenvalue weighted by Crippen LogP contribution is 2.23. The van der Waals surface area contributed by atoms with Crippen LogP contribution in [-0.2, 0) is 0 Å². The van der Waals surface area contributed by atoms with Gasteiger partial charge in [-0.15, -0.1) is 0 Å². The summed E-state index contributed by atoms with van der Waals surface area (Å²) in [5.74, 6) is -0.415. The maximum atomic E-state index is 11.1. The number of nitrogens with two attached hydrogens (primary N) is 1. The molecule has 1 saturated carbocycles. The minimum atomic E-state index is -0.415. The van der Waals surface area contributed by atoms with Crippen LogP contribution in [0.5, 0.6) is 0 Å². The minimum Gasteiger partial charge on any atom is -0.408 e. The molecule has 2 atom stereocenters. The molecule has 1 aliphatic carbocycles. The first-order chi connectivity index (χ1) is 8.70. The van der Waals surface area contributed by atoms with Crippen molar-refractivity contribution in [3.8, 4) is 0 Å². The van der Waals surface area contributed by atoms with Gasteiger partial charge in [0.2, 0.25) is 0 Å². The van der Waals surface area contributed by atoms with Gasteiger partial charge in [-0.05, 0) is 43.9 Å². The second-order valence-corrected chi connectivity index (χ2v) is 4.99. The fourth-order valence-corrected chi connectivity index (χ4v) is 2.64. The molecule has 0 aliphatic heterocycles. The van der Waals surface area contributed by atoms with Crippen molar-refractivity contribution < 1.29 is 4.42 Å². The van der Waals surface area contributed by atoms with Gasteiger partial charge in [0.1, 0.15) is 0 Å². The number of aromatic amines is 1. The Labute approximate surface area is 104 Å². The van der Waals surface area contributed by atoms with Crippen LogP contribution in [0.15, 0.2) is 27.4 Å². The van der Waals surface area contributed by atoms with Crippen LogP contribution in [0.25, 0.3) is 11.1 Å². The summed E-state index contributed by atoms with van der Waals surface area (Å²) >= 11 is 0. The van der Waals surface area contributed by atoms with Crippen LogP contribution in [0.3, 0.4) is 0 Å². The van der Waals surface area contributed by atoms with Crippen molar-refractivity contribution in [2.24, 2.45) is 5.73 Å². The Balaban J connectivity index is 1.79. The van der Waals surface area contributed by atoms with Gasteiger partial charge in [0.15, 0.2) is 5.58 Å². The molecule has 4 N–H and O–H groups in total. The van der Waals surface area contributed by atoms with E-state index in [2.05, 4.69) is 10.3 Å². The van der Waals surface area contributed by atoms with E-state index in [1.54, 1.807) is 6.07 Å². The zero-order valence-corrected chi connectivity index (χ0v) is 10.1. The van der Waals surface area contributed by atoms with Crippen molar-refractivity contribution in [1.82, 2.24) is 4.98 Å². The van der Waals surface area contributed by atoms with E-state index >= 15 is 0 Å². The van der Waals surface area contributed by atoms with Crippen LogP contribution in [0.4, 0.5) is 5.69 Å². The molecule has 0 amide bonds. The normalized spacial score (nSPS) is 24.3. The summed E-state index contributed by atoms with van der Waals surface area (Å²) in [6.45, 7) is 0. The van der Waals surface area contributed by atoms with E-state index in [9.17, 15) is 4.79 Å². The second-order valence-electron chi connectivity index (χ2n) is 4.99. The van der Waals surface area contributed by atoms with Crippen LogP contribution in [-0.4, -0.2) is 17.1 Å². The lowest BCUT2D eigenvalue weighted by Gasteiger charge is -2.28. The molecule has 5 heteroatoms. The molecule has 0 bridgehead atoms. The molecule has 0 saturated heterocycles. The van der Waals surface area contributed by atoms with Crippen molar-refractivity contribution in [2.45, 2.75) is 37.8 Å². The van der Waals surface area contributed by atoms with Gasteiger partial charge in [0, 0.05) is 17.8 Å². The molecule has 18 heavy (non-hydrogen) atoms. The molecule has 2 aromatic rings. The van der Waals surface area contributed by atoms with Gasteiger partial charge in [-0.2, -0.15) is 0 Å². The van der Waals surface area contributed by atoms with Gasteiger partial charge < -0.3 is 15.5 Å². The molecule has 1 heterocycles. The number of anilines is 1. The SMILES string of the molecule is NC1CCCC(Nc2ccc3oc(=O)[nH]c3c2)C1. The summed E-state index contributed by atoms with van der Waals surface area (Å²) in [7, 11) is 0. The van der Waals surface area contributed by atoms with Crippen molar-refractivity contribution >= 4 is 16.8 Å². The van der Waals surface area contributed by atoms with E-state index in [4.69, 9.17) is 10.2 Å². The highest BCUT2D eigenvalue weighted by atomic mass is 16.4. The van der Waals surface area contributed by atoms with E-state index in [1.165, 1.54) is 6.42 Å². The number of aromatic nitrogens is 1. The quantitative estimate of drug-likeness (QED) is 0.755. The third-order valence-electron chi connectivity index (χ3n) is 3.50. The average Bonchev–Trinajstić information content (AvgIpc) is 2.68. The molecule has 96 valence electrons. The Morgan fingerprint density at radius 3 is 3.11 bits per heavy atom. The zero-order valence-electron chi connectivity index (χ0n) is 10.1. The number of oxazole rings is 1. The first kappa shape index (κ1) is 11.3. The maximum absolute atomic E-state index is 11.1. The first-order valence-corrected chi connectivity index (χ1v) is 6.36. The molecule has 5 nitrogen and oxygen atoms in total. The summed E-state index contributed by atoms with van der Waals surface area (Å²) in [4.78, 5) is 13.7. The van der Waals surface area contributed by atoms with Gasteiger partial charge >= 0.3 is 5.76 Å². The predicted octanol–water partition coefficient (Wildman–Crippen LogP) is 1.80. The van der Waals surface area contributed by atoms with Gasteiger partial charge in [-0.3, -0.25) is 4.98 Å². The second kappa shape index (κ2) is 4.49. The Bertz CT molecular complexity index is 602. The monoisotopic (exact) mass is 247 g/mol. The highest BCUT2D eigenvalue weighted by molar-refractivity contribution is 5.76. The third-order valence-corrected chi connectivity index (χ3v) is 3.50. The van der Waals surface area contributed by atoms with Crippen molar-refractivity contribution in [3.05, 3.63) is 28.7 Å². The van der Waals surface area contributed by atoms with Gasteiger partial charge in [0.05, 0.1) is 5.52 Å². The topological polar surface area (TPSA) is 84.0 Å². The zero-order chi connectivity index (χ0) is 12.5. The molecule has 1 aliphatic rings. The molecule has 1 fully saturated rings.